The van der Waals surface area contributed by atoms with E-state index in [1.54, 1.807) is 6.07 Å². The molecule has 0 saturated carbocycles. The second-order valence-corrected chi connectivity index (χ2v) is 5.42. The molecule has 0 unspecified atom stereocenters. The van der Waals surface area contributed by atoms with E-state index in [4.69, 9.17) is 22.1 Å². The zero-order chi connectivity index (χ0) is 12.5. The van der Waals surface area contributed by atoms with Crippen molar-refractivity contribution in [1.82, 2.24) is 4.98 Å². The van der Waals surface area contributed by atoms with Crippen molar-refractivity contribution >= 4 is 33.6 Å². The average molecular weight is 308 g/mol. The molecule has 1 heterocycles. The Balaban J connectivity index is 3.38. The molecule has 0 aliphatic rings. The van der Waals surface area contributed by atoms with Gasteiger partial charge in [-0.2, -0.15) is 0 Å². The Labute approximate surface area is 107 Å². The van der Waals surface area contributed by atoms with E-state index in [0.29, 0.717) is 15.5 Å². The maximum absolute atomic E-state index is 10.8. The SMILES string of the molecule is CC(C)(C)c1cc(Cl)nc(Br)c1OC(N)=O. The number of primary amides is 1. The molecule has 1 amide bonds. The molecule has 0 aromatic carbocycles. The molecule has 0 fully saturated rings. The van der Waals surface area contributed by atoms with E-state index in [-0.39, 0.29) is 5.41 Å². The Hall–Kier alpha value is -0.810. The van der Waals surface area contributed by atoms with Crippen molar-refractivity contribution < 1.29 is 9.53 Å². The molecule has 1 rings (SSSR count). The summed E-state index contributed by atoms with van der Waals surface area (Å²) in [6.45, 7) is 5.91. The third-order valence-corrected chi connectivity index (χ3v) is 2.64. The van der Waals surface area contributed by atoms with Gasteiger partial charge in [-0.15, -0.1) is 0 Å². The summed E-state index contributed by atoms with van der Waals surface area (Å²) < 4.78 is 5.29. The third kappa shape index (κ3) is 3.09. The monoisotopic (exact) mass is 306 g/mol. The van der Waals surface area contributed by atoms with Crippen LogP contribution in [0.4, 0.5) is 4.79 Å². The predicted octanol–water partition coefficient (Wildman–Crippen LogP) is 3.25. The van der Waals surface area contributed by atoms with Gasteiger partial charge in [-0.1, -0.05) is 32.4 Å². The van der Waals surface area contributed by atoms with Crippen LogP contribution in [0.3, 0.4) is 0 Å². The maximum Gasteiger partial charge on any atom is 0.410 e. The normalized spacial score (nSPS) is 11.3. The minimum absolute atomic E-state index is 0.236. The van der Waals surface area contributed by atoms with Gasteiger partial charge in [0.25, 0.3) is 0 Å². The molecule has 1 aromatic heterocycles. The van der Waals surface area contributed by atoms with Gasteiger partial charge >= 0.3 is 6.09 Å². The highest BCUT2D eigenvalue weighted by Crippen LogP contribution is 2.37. The Morgan fingerprint density at radius 1 is 1.56 bits per heavy atom. The molecule has 2 N–H and O–H groups in total. The maximum atomic E-state index is 10.8. The van der Waals surface area contributed by atoms with E-state index >= 15 is 0 Å². The summed E-state index contributed by atoms with van der Waals surface area (Å²) in [6.07, 6.45) is -0.879. The Kier molecular flexibility index (Phi) is 3.80. The zero-order valence-corrected chi connectivity index (χ0v) is 11.5. The highest BCUT2D eigenvalue weighted by molar-refractivity contribution is 9.10. The number of halogens is 2. The summed E-state index contributed by atoms with van der Waals surface area (Å²) in [5, 5.41) is 0.327. The van der Waals surface area contributed by atoms with Crippen LogP contribution in [0, 0.1) is 0 Å². The lowest BCUT2D eigenvalue weighted by Crippen LogP contribution is -2.21. The fraction of sp³-hybridized carbons (Fsp3) is 0.400. The van der Waals surface area contributed by atoms with Crippen molar-refractivity contribution in [2.45, 2.75) is 26.2 Å². The average Bonchev–Trinajstić information content (AvgIpc) is 2.06. The number of nitrogens with zero attached hydrogens (tertiary/aromatic N) is 1. The topological polar surface area (TPSA) is 65.2 Å². The molecular weight excluding hydrogens is 295 g/mol. The molecule has 4 nitrogen and oxygen atoms in total. The Morgan fingerprint density at radius 3 is 2.56 bits per heavy atom. The van der Waals surface area contributed by atoms with E-state index in [2.05, 4.69) is 20.9 Å². The molecule has 0 aliphatic heterocycles. The highest BCUT2D eigenvalue weighted by Gasteiger charge is 2.24. The molecule has 0 radical (unpaired) electrons. The summed E-state index contributed by atoms with van der Waals surface area (Å²) in [5.74, 6) is 0.310. The van der Waals surface area contributed by atoms with Crippen molar-refractivity contribution in [2.24, 2.45) is 5.73 Å². The van der Waals surface area contributed by atoms with E-state index in [1.807, 2.05) is 20.8 Å². The van der Waals surface area contributed by atoms with E-state index < -0.39 is 6.09 Å². The molecular formula is C10H12BrClN2O2. The van der Waals surface area contributed by atoms with Gasteiger partial charge in [0.1, 0.15) is 5.15 Å². The lowest BCUT2D eigenvalue weighted by molar-refractivity contribution is 0.209. The van der Waals surface area contributed by atoms with Crippen molar-refractivity contribution in [3.05, 3.63) is 21.4 Å². The van der Waals surface area contributed by atoms with Gasteiger partial charge in [-0.3, -0.25) is 0 Å². The molecule has 0 saturated heterocycles. The first-order valence-corrected chi connectivity index (χ1v) is 5.72. The lowest BCUT2D eigenvalue weighted by atomic mass is 9.87. The van der Waals surface area contributed by atoms with Crippen molar-refractivity contribution in [3.8, 4) is 5.75 Å². The van der Waals surface area contributed by atoms with E-state index in [1.165, 1.54) is 0 Å². The van der Waals surface area contributed by atoms with Gasteiger partial charge in [0, 0.05) is 5.56 Å². The Morgan fingerprint density at radius 2 is 2.12 bits per heavy atom. The fourth-order valence-corrected chi connectivity index (χ4v) is 2.01. The highest BCUT2D eigenvalue weighted by atomic mass is 79.9. The number of hydrogen-bond donors (Lipinski definition) is 1. The van der Waals surface area contributed by atoms with Crippen LogP contribution >= 0.6 is 27.5 Å². The number of hydrogen-bond acceptors (Lipinski definition) is 3. The van der Waals surface area contributed by atoms with Gasteiger partial charge in [-0.25, -0.2) is 9.78 Å². The van der Waals surface area contributed by atoms with Crippen LogP contribution in [0.2, 0.25) is 5.15 Å². The van der Waals surface area contributed by atoms with Crippen molar-refractivity contribution in [2.75, 3.05) is 0 Å². The second kappa shape index (κ2) is 4.59. The van der Waals surface area contributed by atoms with Crippen molar-refractivity contribution in [3.63, 3.8) is 0 Å². The number of rotatable bonds is 1. The minimum atomic E-state index is -0.879. The van der Waals surface area contributed by atoms with Crippen LogP contribution in [0.5, 0.6) is 5.75 Å². The molecule has 0 spiro atoms. The summed E-state index contributed by atoms with van der Waals surface area (Å²) >= 11 is 9.04. The van der Waals surface area contributed by atoms with E-state index in [9.17, 15) is 4.79 Å². The molecule has 0 bridgehead atoms. The van der Waals surface area contributed by atoms with Gasteiger partial charge in [0.15, 0.2) is 10.4 Å². The molecule has 0 atom stereocenters. The molecule has 16 heavy (non-hydrogen) atoms. The van der Waals surface area contributed by atoms with Crippen LogP contribution in [0.15, 0.2) is 10.7 Å². The largest absolute Gasteiger partial charge is 0.410 e. The van der Waals surface area contributed by atoms with Gasteiger partial charge in [0.2, 0.25) is 0 Å². The van der Waals surface area contributed by atoms with Gasteiger partial charge < -0.3 is 10.5 Å². The first-order valence-electron chi connectivity index (χ1n) is 4.55. The number of carbonyl (C=O) groups excluding carboxylic acids is 1. The molecule has 1 aromatic rings. The fourth-order valence-electron chi connectivity index (χ4n) is 1.23. The van der Waals surface area contributed by atoms with Crippen LogP contribution in [-0.4, -0.2) is 11.1 Å². The number of amides is 1. The molecule has 88 valence electrons. The first kappa shape index (κ1) is 13.3. The number of aromatic nitrogens is 1. The smallest absolute Gasteiger partial charge is 0.407 e. The first-order chi connectivity index (χ1) is 7.21. The third-order valence-electron chi connectivity index (χ3n) is 1.91. The van der Waals surface area contributed by atoms with Crippen molar-refractivity contribution in [1.29, 1.82) is 0 Å². The standard InChI is InChI=1S/C10H12BrClN2O2/c1-10(2,3)5-4-6(12)14-8(11)7(5)16-9(13)15/h4H,1-3H3,(H2,13,15). The van der Waals surface area contributed by atoms with Crippen LogP contribution in [0.1, 0.15) is 26.3 Å². The minimum Gasteiger partial charge on any atom is -0.407 e. The second-order valence-electron chi connectivity index (χ2n) is 4.28. The zero-order valence-electron chi connectivity index (χ0n) is 9.17. The molecule has 6 heteroatoms. The summed E-state index contributed by atoms with van der Waals surface area (Å²) in [6, 6.07) is 1.66. The predicted molar refractivity (Wildman–Crippen MR) is 65.9 cm³/mol. The quantitative estimate of drug-likeness (QED) is 0.810. The van der Waals surface area contributed by atoms with Crippen LogP contribution < -0.4 is 10.5 Å². The summed E-state index contributed by atoms with van der Waals surface area (Å²) in [4.78, 5) is 14.8. The summed E-state index contributed by atoms with van der Waals surface area (Å²) in [7, 11) is 0. The van der Waals surface area contributed by atoms with Crippen LogP contribution in [-0.2, 0) is 5.41 Å². The van der Waals surface area contributed by atoms with E-state index in [0.717, 1.165) is 5.56 Å². The lowest BCUT2D eigenvalue weighted by Gasteiger charge is -2.22. The number of nitrogens with two attached hydrogens (primary N) is 1. The van der Waals surface area contributed by atoms with Crippen LogP contribution in [0.25, 0.3) is 0 Å². The number of carbonyl (C=O) groups is 1. The molecule has 0 aliphatic carbocycles. The summed E-state index contributed by atoms with van der Waals surface area (Å²) in [5.41, 5.74) is 5.53. The van der Waals surface area contributed by atoms with Gasteiger partial charge in [-0.05, 0) is 27.4 Å². The number of pyridine rings is 1. The number of ether oxygens (including phenoxy) is 1. The van der Waals surface area contributed by atoms with Gasteiger partial charge in [0.05, 0.1) is 0 Å². The Bertz CT molecular complexity index is 430.